The molecule has 2 aliphatic rings. The predicted octanol–water partition coefficient (Wildman–Crippen LogP) is 4.46. The van der Waals surface area contributed by atoms with Gasteiger partial charge in [0.1, 0.15) is 0 Å². The van der Waals surface area contributed by atoms with Crippen molar-refractivity contribution in [3.8, 4) is 0 Å². The normalized spacial score (nSPS) is 18.0. The number of anilines is 1. The van der Waals surface area contributed by atoms with E-state index in [1.807, 2.05) is 0 Å². The van der Waals surface area contributed by atoms with E-state index in [4.69, 9.17) is 0 Å². The van der Waals surface area contributed by atoms with E-state index in [0.29, 0.717) is 23.8 Å². The molecule has 2 heterocycles. The minimum Gasteiger partial charge on any atom is -0.302 e. The number of benzene rings is 1. The second-order valence-electron chi connectivity index (χ2n) is 7.16. The highest BCUT2D eigenvalue weighted by atomic mass is 32.1. The summed E-state index contributed by atoms with van der Waals surface area (Å²) in [5.74, 6) is 0.163. The van der Waals surface area contributed by atoms with Crippen molar-refractivity contribution >= 4 is 22.4 Å². The Morgan fingerprint density at radius 2 is 2.15 bits per heavy atom. The molecule has 8 heteroatoms. The summed E-state index contributed by atoms with van der Waals surface area (Å²) in [6.45, 7) is 1.84. The Morgan fingerprint density at radius 1 is 1.33 bits per heavy atom. The monoisotopic (exact) mass is 395 g/mol. The number of nitrogens with one attached hydrogen (secondary N) is 1. The maximum atomic E-state index is 12.9. The maximum Gasteiger partial charge on any atom is 0.416 e. The van der Waals surface area contributed by atoms with Crippen LogP contribution in [0.2, 0.25) is 0 Å². The number of carbonyl (C=O) groups excluding carboxylic acids is 1. The molecule has 0 spiro atoms. The van der Waals surface area contributed by atoms with Crippen LogP contribution in [0.25, 0.3) is 0 Å². The van der Waals surface area contributed by atoms with Crippen LogP contribution in [0.5, 0.6) is 0 Å². The van der Waals surface area contributed by atoms with Crippen molar-refractivity contribution < 1.29 is 18.0 Å². The van der Waals surface area contributed by atoms with Gasteiger partial charge >= 0.3 is 6.18 Å². The van der Waals surface area contributed by atoms with E-state index in [2.05, 4.69) is 15.2 Å². The first kappa shape index (κ1) is 18.4. The van der Waals surface area contributed by atoms with Gasteiger partial charge in [-0.2, -0.15) is 13.2 Å². The molecule has 1 amide bonds. The molecule has 0 atom stereocenters. The van der Waals surface area contributed by atoms with Crippen molar-refractivity contribution in [1.29, 1.82) is 0 Å². The van der Waals surface area contributed by atoms with Crippen molar-refractivity contribution in [3.05, 3.63) is 46.0 Å². The van der Waals surface area contributed by atoms with Gasteiger partial charge in [-0.1, -0.05) is 24.6 Å². The molecular weight excluding hydrogens is 375 g/mol. The first-order chi connectivity index (χ1) is 12.9. The molecule has 4 nitrogen and oxygen atoms in total. The summed E-state index contributed by atoms with van der Waals surface area (Å²) in [5.41, 5.74) is 1.02. The molecule has 0 unspecified atom stereocenters. The second-order valence-corrected chi connectivity index (χ2v) is 8.25. The zero-order valence-corrected chi connectivity index (χ0v) is 15.5. The summed E-state index contributed by atoms with van der Waals surface area (Å²) in [7, 11) is 0. The lowest BCUT2D eigenvalue weighted by Crippen LogP contribution is -2.29. The zero-order chi connectivity index (χ0) is 19.0. The van der Waals surface area contributed by atoms with Crippen molar-refractivity contribution in [2.45, 2.75) is 44.9 Å². The fourth-order valence-corrected chi connectivity index (χ4v) is 4.47. The minimum atomic E-state index is -4.32. The highest BCUT2D eigenvalue weighted by molar-refractivity contribution is 7.15. The fourth-order valence-electron chi connectivity index (χ4n) is 3.42. The second kappa shape index (κ2) is 7.24. The van der Waals surface area contributed by atoms with Gasteiger partial charge in [0, 0.05) is 36.9 Å². The number of carbonyl (C=O) groups is 1. The number of alkyl halides is 3. The van der Waals surface area contributed by atoms with Gasteiger partial charge in [-0.25, -0.2) is 4.98 Å². The quantitative estimate of drug-likeness (QED) is 0.831. The van der Waals surface area contributed by atoms with Crippen LogP contribution in [0.3, 0.4) is 0 Å². The number of thiazole rings is 1. The highest BCUT2D eigenvalue weighted by Gasteiger charge is 2.31. The van der Waals surface area contributed by atoms with E-state index in [1.54, 1.807) is 6.07 Å². The van der Waals surface area contributed by atoms with Gasteiger partial charge in [-0.3, -0.25) is 9.69 Å². The third-order valence-corrected chi connectivity index (χ3v) is 6.17. The van der Waals surface area contributed by atoms with Crippen LogP contribution < -0.4 is 5.32 Å². The molecule has 2 aromatic rings. The molecule has 0 radical (unpaired) electrons. The van der Waals surface area contributed by atoms with Crippen LogP contribution in [-0.2, 0) is 30.5 Å². The van der Waals surface area contributed by atoms with Crippen molar-refractivity contribution in [3.63, 3.8) is 0 Å². The van der Waals surface area contributed by atoms with E-state index in [-0.39, 0.29) is 11.8 Å². The van der Waals surface area contributed by atoms with Gasteiger partial charge in [-0.05, 0) is 24.5 Å². The molecular formula is C19H20F3N3OS. The number of rotatable bonds is 4. The zero-order valence-electron chi connectivity index (χ0n) is 14.7. The van der Waals surface area contributed by atoms with E-state index >= 15 is 0 Å². The van der Waals surface area contributed by atoms with E-state index in [0.717, 1.165) is 48.9 Å². The van der Waals surface area contributed by atoms with E-state index in [9.17, 15) is 18.0 Å². The molecule has 1 saturated carbocycles. The Bertz CT molecular complexity index is 845. The number of aromatic nitrogens is 1. The topological polar surface area (TPSA) is 45.2 Å². The van der Waals surface area contributed by atoms with Crippen molar-refractivity contribution in [2.24, 2.45) is 5.92 Å². The summed E-state index contributed by atoms with van der Waals surface area (Å²) in [4.78, 5) is 19.8. The molecule has 1 aromatic heterocycles. The number of nitrogens with zero attached hydrogens (tertiary/aromatic N) is 2. The molecule has 1 aliphatic heterocycles. The Hall–Kier alpha value is -1.93. The lowest BCUT2D eigenvalue weighted by Gasteiger charge is -2.26. The molecule has 4 rings (SSSR count). The smallest absolute Gasteiger partial charge is 0.302 e. The molecule has 144 valence electrons. The lowest BCUT2D eigenvalue weighted by atomic mass is 9.85. The van der Waals surface area contributed by atoms with E-state index < -0.39 is 11.7 Å². The number of amides is 1. The summed E-state index contributed by atoms with van der Waals surface area (Å²) in [5, 5.41) is 3.55. The number of fused-ring (bicyclic) bond motifs is 1. The third-order valence-electron chi connectivity index (χ3n) is 5.18. The van der Waals surface area contributed by atoms with Gasteiger partial charge in [0.15, 0.2) is 5.13 Å². The van der Waals surface area contributed by atoms with Gasteiger partial charge in [0.05, 0.1) is 11.3 Å². The van der Waals surface area contributed by atoms with Crippen molar-refractivity contribution in [2.75, 3.05) is 11.9 Å². The van der Waals surface area contributed by atoms with E-state index in [1.165, 1.54) is 23.5 Å². The number of hydrogen-bond acceptors (Lipinski definition) is 4. The Morgan fingerprint density at radius 3 is 2.85 bits per heavy atom. The molecule has 1 aliphatic carbocycles. The largest absolute Gasteiger partial charge is 0.416 e. The molecule has 0 saturated heterocycles. The average molecular weight is 395 g/mol. The predicted molar refractivity (Wildman–Crippen MR) is 97.3 cm³/mol. The Labute approximate surface area is 159 Å². The fraction of sp³-hybridized carbons (Fsp3) is 0.474. The van der Waals surface area contributed by atoms with Gasteiger partial charge in [0.25, 0.3) is 0 Å². The van der Waals surface area contributed by atoms with Crippen LogP contribution in [-0.4, -0.2) is 22.3 Å². The van der Waals surface area contributed by atoms with Crippen LogP contribution >= 0.6 is 11.3 Å². The summed E-state index contributed by atoms with van der Waals surface area (Å²) < 4.78 is 38.6. The third kappa shape index (κ3) is 4.16. The molecule has 0 bridgehead atoms. The summed E-state index contributed by atoms with van der Waals surface area (Å²) >= 11 is 1.47. The van der Waals surface area contributed by atoms with Crippen molar-refractivity contribution in [1.82, 2.24) is 9.88 Å². The first-order valence-corrected chi connectivity index (χ1v) is 9.88. The van der Waals surface area contributed by atoms with Crippen LogP contribution in [0.1, 0.15) is 41.0 Å². The lowest BCUT2D eigenvalue weighted by molar-refractivity contribution is -0.137. The Kier molecular flexibility index (Phi) is 4.94. The number of hydrogen-bond donors (Lipinski definition) is 1. The van der Waals surface area contributed by atoms with Crippen LogP contribution in [0.4, 0.5) is 18.3 Å². The van der Waals surface area contributed by atoms with Gasteiger partial charge in [0.2, 0.25) is 5.91 Å². The number of halogens is 3. The molecule has 1 aromatic carbocycles. The standard InChI is InChI=1S/C19H20F3N3OS/c20-19(21,22)14-6-1-3-12(9-14)10-25-8-7-15-16(11-25)27-18(23-15)24-17(26)13-4-2-5-13/h1,3,6,9,13H,2,4-5,7-8,10-11H2,(H,23,24,26). The first-order valence-electron chi connectivity index (χ1n) is 9.06. The van der Waals surface area contributed by atoms with Gasteiger partial charge in [-0.15, -0.1) is 11.3 Å². The summed E-state index contributed by atoms with van der Waals surface area (Å²) in [6, 6.07) is 5.49. The maximum absolute atomic E-state index is 12.9. The van der Waals surface area contributed by atoms with Gasteiger partial charge < -0.3 is 5.32 Å². The molecule has 1 N–H and O–H groups in total. The molecule has 1 fully saturated rings. The van der Waals surface area contributed by atoms with Crippen LogP contribution in [0, 0.1) is 5.92 Å². The van der Waals surface area contributed by atoms with Crippen LogP contribution in [0.15, 0.2) is 24.3 Å². The summed E-state index contributed by atoms with van der Waals surface area (Å²) in [6.07, 6.45) is -0.583. The Balaban J connectivity index is 1.40. The minimum absolute atomic E-state index is 0.0492. The molecule has 27 heavy (non-hydrogen) atoms. The highest BCUT2D eigenvalue weighted by Crippen LogP contribution is 2.33. The SMILES string of the molecule is O=C(Nc1nc2c(s1)CN(Cc1cccc(C(F)(F)F)c1)CC2)C1CCC1. The average Bonchev–Trinajstić information content (AvgIpc) is 2.94.